The second-order valence-electron chi connectivity index (χ2n) is 4.89. The van der Waals surface area contributed by atoms with E-state index >= 15 is 0 Å². The molecule has 0 aliphatic carbocycles. The summed E-state index contributed by atoms with van der Waals surface area (Å²) in [5, 5.41) is 4.05. The molecule has 2 aromatic carbocycles. The molecule has 5 nitrogen and oxygen atoms in total. The summed E-state index contributed by atoms with van der Waals surface area (Å²) in [6.45, 7) is 2.71. The Balaban J connectivity index is 1.94. The molecule has 0 saturated carbocycles. The fourth-order valence-corrected chi connectivity index (χ4v) is 2.11. The number of nitrogens with zero attached hydrogens (tertiary/aromatic N) is 2. The zero-order valence-electron chi connectivity index (χ0n) is 12.3. The lowest BCUT2D eigenvalue weighted by Crippen LogP contribution is -1.97. The first-order valence-corrected chi connectivity index (χ1v) is 7.19. The highest BCUT2D eigenvalue weighted by Gasteiger charge is 2.14. The fourth-order valence-electron chi connectivity index (χ4n) is 2.11. The minimum atomic E-state index is 0.438. The molecule has 0 atom stereocenters. The zero-order chi connectivity index (χ0) is 15.4. The monoisotopic (exact) mass is 295 g/mol. The van der Waals surface area contributed by atoms with E-state index in [0.29, 0.717) is 24.0 Å². The van der Waals surface area contributed by atoms with Crippen LogP contribution in [0.15, 0.2) is 53.1 Å². The molecule has 0 fully saturated rings. The van der Waals surface area contributed by atoms with Gasteiger partial charge in [0, 0.05) is 11.3 Å². The molecule has 0 saturated heterocycles. The van der Waals surface area contributed by atoms with Gasteiger partial charge in [-0.05, 0) is 36.8 Å². The number of para-hydroxylation sites is 1. The maximum Gasteiger partial charge on any atom is 0.258 e. The van der Waals surface area contributed by atoms with Crippen LogP contribution in [0, 0.1) is 0 Å². The summed E-state index contributed by atoms with van der Waals surface area (Å²) in [6, 6.07) is 15.0. The first kappa shape index (κ1) is 14.1. The number of ether oxygens (including phenoxy) is 1. The van der Waals surface area contributed by atoms with Crippen molar-refractivity contribution in [3.8, 4) is 28.6 Å². The molecule has 22 heavy (non-hydrogen) atoms. The van der Waals surface area contributed by atoms with Crippen LogP contribution in [0.2, 0.25) is 0 Å². The number of rotatable bonds is 5. The van der Waals surface area contributed by atoms with Gasteiger partial charge in [0.1, 0.15) is 5.75 Å². The van der Waals surface area contributed by atoms with E-state index in [1.807, 2.05) is 42.5 Å². The van der Waals surface area contributed by atoms with Crippen molar-refractivity contribution in [3.05, 3.63) is 48.5 Å². The molecule has 0 radical (unpaired) electrons. The Morgan fingerprint density at radius 3 is 2.82 bits per heavy atom. The molecule has 1 heterocycles. The second kappa shape index (κ2) is 6.30. The van der Waals surface area contributed by atoms with Crippen molar-refractivity contribution in [1.82, 2.24) is 10.1 Å². The predicted molar refractivity (Wildman–Crippen MR) is 85.4 cm³/mol. The first-order valence-electron chi connectivity index (χ1n) is 7.19. The number of benzene rings is 2. The maximum atomic E-state index is 5.78. The minimum absolute atomic E-state index is 0.438. The van der Waals surface area contributed by atoms with E-state index < -0.39 is 0 Å². The molecular formula is C17H17N3O2. The summed E-state index contributed by atoms with van der Waals surface area (Å²) in [5.74, 6) is 1.70. The van der Waals surface area contributed by atoms with E-state index in [1.165, 1.54) is 0 Å². The minimum Gasteiger partial charge on any atom is -0.493 e. The Morgan fingerprint density at radius 1 is 1.14 bits per heavy atom. The van der Waals surface area contributed by atoms with Crippen LogP contribution in [0.4, 0.5) is 5.69 Å². The van der Waals surface area contributed by atoms with Crippen LogP contribution in [0.1, 0.15) is 13.3 Å². The van der Waals surface area contributed by atoms with Crippen molar-refractivity contribution in [2.45, 2.75) is 13.3 Å². The van der Waals surface area contributed by atoms with Crippen LogP contribution >= 0.6 is 0 Å². The third kappa shape index (κ3) is 2.93. The van der Waals surface area contributed by atoms with E-state index in [1.54, 1.807) is 6.07 Å². The molecule has 0 aliphatic heterocycles. The molecular weight excluding hydrogens is 278 g/mol. The summed E-state index contributed by atoms with van der Waals surface area (Å²) in [4.78, 5) is 4.45. The van der Waals surface area contributed by atoms with Crippen LogP contribution in [0.25, 0.3) is 22.8 Å². The number of aromatic nitrogens is 2. The van der Waals surface area contributed by atoms with E-state index in [9.17, 15) is 0 Å². The van der Waals surface area contributed by atoms with Crippen LogP contribution in [-0.2, 0) is 0 Å². The maximum absolute atomic E-state index is 5.78. The number of nitrogen functional groups attached to an aromatic ring is 1. The van der Waals surface area contributed by atoms with E-state index in [0.717, 1.165) is 23.3 Å². The number of anilines is 1. The van der Waals surface area contributed by atoms with Gasteiger partial charge in [-0.1, -0.05) is 30.3 Å². The lowest BCUT2D eigenvalue weighted by Gasteiger charge is -2.07. The van der Waals surface area contributed by atoms with Crippen LogP contribution < -0.4 is 10.5 Å². The van der Waals surface area contributed by atoms with Crippen molar-refractivity contribution >= 4 is 5.69 Å². The van der Waals surface area contributed by atoms with Crippen molar-refractivity contribution < 1.29 is 9.26 Å². The van der Waals surface area contributed by atoms with Crippen LogP contribution in [0.3, 0.4) is 0 Å². The summed E-state index contributed by atoms with van der Waals surface area (Å²) >= 11 is 0. The van der Waals surface area contributed by atoms with E-state index in [-0.39, 0.29) is 0 Å². The van der Waals surface area contributed by atoms with Gasteiger partial charge in [-0.2, -0.15) is 4.98 Å². The Labute approximate surface area is 128 Å². The van der Waals surface area contributed by atoms with Gasteiger partial charge in [-0.25, -0.2) is 0 Å². The zero-order valence-corrected chi connectivity index (χ0v) is 12.3. The SMILES string of the molecule is CCCOc1ccccc1-c1noc(-c2cccc(N)c2)n1. The highest BCUT2D eigenvalue weighted by atomic mass is 16.5. The number of nitrogens with two attached hydrogens (primary N) is 1. The Bertz CT molecular complexity index is 768. The first-order chi connectivity index (χ1) is 10.8. The number of hydrogen-bond donors (Lipinski definition) is 1. The topological polar surface area (TPSA) is 74.2 Å². The van der Waals surface area contributed by atoms with Gasteiger partial charge in [0.2, 0.25) is 5.82 Å². The van der Waals surface area contributed by atoms with Crippen molar-refractivity contribution in [2.75, 3.05) is 12.3 Å². The van der Waals surface area contributed by atoms with Gasteiger partial charge in [0.15, 0.2) is 0 Å². The highest BCUT2D eigenvalue weighted by Crippen LogP contribution is 2.29. The molecule has 5 heteroatoms. The highest BCUT2D eigenvalue weighted by molar-refractivity contribution is 5.66. The normalized spacial score (nSPS) is 10.6. The molecule has 0 bridgehead atoms. The molecule has 0 aliphatic rings. The molecule has 0 amide bonds. The van der Waals surface area contributed by atoms with Gasteiger partial charge in [-0.3, -0.25) is 0 Å². The van der Waals surface area contributed by atoms with Crippen molar-refractivity contribution in [3.63, 3.8) is 0 Å². The van der Waals surface area contributed by atoms with Gasteiger partial charge < -0.3 is 15.0 Å². The molecule has 0 unspecified atom stereocenters. The lowest BCUT2D eigenvalue weighted by atomic mass is 10.2. The van der Waals surface area contributed by atoms with Crippen LogP contribution in [-0.4, -0.2) is 16.7 Å². The average Bonchev–Trinajstić information content (AvgIpc) is 3.03. The summed E-state index contributed by atoms with van der Waals surface area (Å²) in [6.07, 6.45) is 0.940. The standard InChI is InChI=1S/C17H17N3O2/c1-2-10-21-15-9-4-3-8-14(15)16-19-17(22-20-16)12-6-5-7-13(18)11-12/h3-9,11H,2,10,18H2,1H3. The Morgan fingerprint density at radius 2 is 2.00 bits per heavy atom. The number of hydrogen-bond acceptors (Lipinski definition) is 5. The predicted octanol–water partition coefficient (Wildman–Crippen LogP) is 3.77. The lowest BCUT2D eigenvalue weighted by molar-refractivity contribution is 0.318. The Kier molecular flexibility index (Phi) is 4.05. The quantitative estimate of drug-likeness (QED) is 0.725. The fraction of sp³-hybridized carbons (Fsp3) is 0.176. The van der Waals surface area contributed by atoms with Gasteiger partial charge in [-0.15, -0.1) is 0 Å². The molecule has 3 aromatic rings. The second-order valence-corrected chi connectivity index (χ2v) is 4.89. The van der Waals surface area contributed by atoms with Gasteiger partial charge in [0.25, 0.3) is 5.89 Å². The molecule has 0 spiro atoms. The average molecular weight is 295 g/mol. The van der Waals surface area contributed by atoms with Crippen LogP contribution in [0.5, 0.6) is 5.75 Å². The molecule has 1 aromatic heterocycles. The smallest absolute Gasteiger partial charge is 0.258 e. The largest absolute Gasteiger partial charge is 0.493 e. The summed E-state index contributed by atoms with van der Waals surface area (Å²) < 4.78 is 11.1. The van der Waals surface area contributed by atoms with Gasteiger partial charge in [0.05, 0.1) is 12.2 Å². The van der Waals surface area contributed by atoms with Crippen molar-refractivity contribution in [1.29, 1.82) is 0 Å². The molecule has 2 N–H and O–H groups in total. The summed E-state index contributed by atoms with van der Waals surface area (Å²) in [7, 11) is 0. The Hall–Kier alpha value is -2.82. The molecule has 112 valence electrons. The van der Waals surface area contributed by atoms with Crippen molar-refractivity contribution in [2.24, 2.45) is 0 Å². The third-order valence-corrected chi connectivity index (χ3v) is 3.15. The van der Waals surface area contributed by atoms with E-state index in [4.69, 9.17) is 15.0 Å². The molecule has 3 rings (SSSR count). The summed E-state index contributed by atoms with van der Waals surface area (Å²) in [5.41, 5.74) is 8.05. The third-order valence-electron chi connectivity index (χ3n) is 3.15. The van der Waals surface area contributed by atoms with E-state index in [2.05, 4.69) is 17.1 Å². The van der Waals surface area contributed by atoms with Gasteiger partial charge >= 0.3 is 0 Å².